The molecule has 0 unspecified atom stereocenters. The predicted octanol–water partition coefficient (Wildman–Crippen LogP) is 2.84. The van der Waals surface area contributed by atoms with Crippen molar-refractivity contribution in [3.63, 3.8) is 0 Å². The van der Waals surface area contributed by atoms with Crippen LogP contribution in [0, 0.1) is 6.92 Å². The minimum Gasteiger partial charge on any atom is -0.354 e. The molecule has 0 aromatic carbocycles. The summed E-state index contributed by atoms with van der Waals surface area (Å²) in [5, 5.41) is 0. The summed E-state index contributed by atoms with van der Waals surface area (Å²) in [5.74, 6) is 0.304. The Kier molecular flexibility index (Phi) is 3.87. The predicted molar refractivity (Wildman–Crippen MR) is 68.1 cm³/mol. The molecule has 0 atom stereocenters. The second kappa shape index (κ2) is 5.44. The fourth-order valence-corrected chi connectivity index (χ4v) is 1.71. The molecule has 106 valence electrons. The summed E-state index contributed by atoms with van der Waals surface area (Å²) >= 11 is 0. The molecule has 0 saturated carbocycles. The van der Waals surface area contributed by atoms with Gasteiger partial charge >= 0.3 is 6.18 Å². The highest BCUT2D eigenvalue weighted by Gasteiger charge is 2.33. The molecule has 0 fully saturated rings. The van der Waals surface area contributed by atoms with Gasteiger partial charge in [0.2, 0.25) is 0 Å². The van der Waals surface area contributed by atoms with Crippen LogP contribution in [-0.4, -0.2) is 22.0 Å². The first kappa shape index (κ1) is 14.2. The third kappa shape index (κ3) is 3.43. The highest BCUT2D eigenvalue weighted by Crippen LogP contribution is 2.29. The van der Waals surface area contributed by atoms with Crippen molar-refractivity contribution in [2.75, 3.05) is 11.9 Å². The molecule has 4 nitrogen and oxygen atoms in total. The van der Waals surface area contributed by atoms with E-state index in [1.807, 2.05) is 6.07 Å². The van der Waals surface area contributed by atoms with Crippen molar-refractivity contribution in [2.45, 2.75) is 19.6 Å². The number of anilines is 1. The van der Waals surface area contributed by atoms with Gasteiger partial charge < -0.3 is 4.90 Å². The Morgan fingerprint density at radius 1 is 1.20 bits per heavy atom. The van der Waals surface area contributed by atoms with Crippen LogP contribution < -0.4 is 4.90 Å². The van der Waals surface area contributed by atoms with Gasteiger partial charge in [-0.2, -0.15) is 13.2 Å². The van der Waals surface area contributed by atoms with Crippen molar-refractivity contribution in [3.8, 4) is 0 Å². The zero-order chi connectivity index (χ0) is 14.8. The Labute approximate surface area is 114 Å². The third-order valence-electron chi connectivity index (χ3n) is 2.63. The Bertz CT molecular complexity index is 584. The lowest BCUT2D eigenvalue weighted by atomic mass is 10.3. The topological polar surface area (TPSA) is 41.9 Å². The van der Waals surface area contributed by atoms with E-state index in [2.05, 4.69) is 15.0 Å². The molecule has 2 heterocycles. The summed E-state index contributed by atoms with van der Waals surface area (Å²) in [5.41, 5.74) is -0.187. The van der Waals surface area contributed by atoms with E-state index in [4.69, 9.17) is 0 Å². The van der Waals surface area contributed by atoms with Gasteiger partial charge in [-0.15, -0.1) is 0 Å². The highest BCUT2D eigenvalue weighted by molar-refractivity contribution is 5.40. The number of pyridine rings is 1. The van der Waals surface area contributed by atoms with Crippen LogP contribution in [0.25, 0.3) is 0 Å². The number of aryl methyl sites for hydroxylation is 1. The molecule has 0 radical (unpaired) electrons. The zero-order valence-electron chi connectivity index (χ0n) is 11.0. The first-order valence-corrected chi connectivity index (χ1v) is 5.90. The number of aromatic nitrogens is 3. The zero-order valence-corrected chi connectivity index (χ0v) is 11.0. The van der Waals surface area contributed by atoms with Gasteiger partial charge in [0.05, 0.1) is 12.2 Å². The number of alkyl halides is 3. The average Bonchev–Trinajstić information content (AvgIpc) is 2.38. The summed E-state index contributed by atoms with van der Waals surface area (Å²) in [4.78, 5) is 13.2. The summed E-state index contributed by atoms with van der Waals surface area (Å²) in [6.07, 6.45) is -2.84. The second-order valence-electron chi connectivity index (χ2n) is 4.33. The van der Waals surface area contributed by atoms with Crippen molar-refractivity contribution in [1.29, 1.82) is 0 Å². The molecule has 7 heteroatoms. The SMILES string of the molecule is Cc1nc(N(C)Cc2ccccn2)cc(C(F)(F)F)n1. The molecule has 2 aromatic rings. The first-order valence-electron chi connectivity index (χ1n) is 5.90. The van der Waals surface area contributed by atoms with Gasteiger partial charge in [0, 0.05) is 19.3 Å². The van der Waals surface area contributed by atoms with Crippen molar-refractivity contribution in [1.82, 2.24) is 15.0 Å². The summed E-state index contributed by atoms with van der Waals surface area (Å²) in [7, 11) is 1.66. The minimum absolute atomic E-state index is 0.0858. The summed E-state index contributed by atoms with van der Waals surface area (Å²) < 4.78 is 38.2. The van der Waals surface area contributed by atoms with E-state index in [1.54, 1.807) is 30.3 Å². The quantitative estimate of drug-likeness (QED) is 0.868. The Hall–Kier alpha value is -2.18. The molecular formula is C13H13F3N4. The lowest BCUT2D eigenvalue weighted by Crippen LogP contribution is -2.20. The number of hydrogen-bond donors (Lipinski definition) is 0. The fraction of sp³-hybridized carbons (Fsp3) is 0.308. The van der Waals surface area contributed by atoms with Crippen LogP contribution in [-0.2, 0) is 12.7 Å². The van der Waals surface area contributed by atoms with Crippen LogP contribution in [0.5, 0.6) is 0 Å². The molecule has 0 aliphatic carbocycles. The molecule has 0 bridgehead atoms. The maximum absolute atomic E-state index is 12.7. The van der Waals surface area contributed by atoms with Gasteiger partial charge in [-0.25, -0.2) is 9.97 Å². The third-order valence-corrected chi connectivity index (χ3v) is 2.63. The molecule has 0 aliphatic rings. The van der Waals surface area contributed by atoms with Crippen LogP contribution in [0.2, 0.25) is 0 Å². The van der Waals surface area contributed by atoms with Crippen molar-refractivity contribution < 1.29 is 13.2 Å². The van der Waals surface area contributed by atoms with E-state index >= 15 is 0 Å². The molecule has 20 heavy (non-hydrogen) atoms. The van der Waals surface area contributed by atoms with E-state index in [0.29, 0.717) is 6.54 Å². The molecule has 0 saturated heterocycles. The first-order chi connectivity index (χ1) is 9.36. The lowest BCUT2D eigenvalue weighted by Gasteiger charge is -2.19. The van der Waals surface area contributed by atoms with Gasteiger partial charge in [-0.1, -0.05) is 6.07 Å². The molecule has 0 N–H and O–H groups in total. The second-order valence-corrected chi connectivity index (χ2v) is 4.33. The van der Waals surface area contributed by atoms with Gasteiger partial charge in [0.15, 0.2) is 0 Å². The minimum atomic E-state index is -4.48. The molecule has 0 amide bonds. The molecular weight excluding hydrogens is 269 g/mol. The largest absolute Gasteiger partial charge is 0.433 e. The van der Waals surface area contributed by atoms with Gasteiger partial charge in [-0.3, -0.25) is 4.98 Å². The number of rotatable bonds is 3. The van der Waals surface area contributed by atoms with Crippen LogP contribution in [0.4, 0.5) is 19.0 Å². The maximum Gasteiger partial charge on any atom is 0.433 e. The van der Waals surface area contributed by atoms with Crippen molar-refractivity contribution in [3.05, 3.63) is 47.7 Å². The normalized spacial score (nSPS) is 11.4. The summed E-state index contributed by atoms with van der Waals surface area (Å²) in [6, 6.07) is 6.34. The maximum atomic E-state index is 12.7. The Morgan fingerprint density at radius 2 is 1.95 bits per heavy atom. The number of halogens is 3. The van der Waals surface area contributed by atoms with E-state index in [0.717, 1.165) is 11.8 Å². The van der Waals surface area contributed by atoms with Gasteiger partial charge in [0.1, 0.15) is 17.3 Å². The van der Waals surface area contributed by atoms with Crippen molar-refractivity contribution in [2.24, 2.45) is 0 Å². The van der Waals surface area contributed by atoms with E-state index in [9.17, 15) is 13.2 Å². The van der Waals surface area contributed by atoms with Crippen LogP contribution >= 0.6 is 0 Å². The van der Waals surface area contributed by atoms with E-state index in [-0.39, 0.29) is 11.6 Å². The smallest absolute Gasteiger partial charge is 0.354 e. The standard InChI is InChI=1S/C13H13F3N4/c1-9-18-11(13(14,15)16)7-12(19-9)20(2)8-10-5-3-4-6-17-10/h3-7H,8H2,1-2H3. The van der Waals surface area contributed by atoms with E-state index < -0.39 is 11.9 Å². The molecule has 2 rings (SSSR count). The molecule has 2 aromatic heterocycles. The monoisotopic (exact) mass is 282 g/mol. The number of nitrogens with zero attached hydrogens (tertiary/aromatic N) is 4. The Balaban J connectivity index is 2.26. The highest BCUT2D eigenvalue weighted by atomic mass is 19.4. The lowest BCUT2D eigenvalue weighted by molar-refractivity contribution is -0.141. The van der Waals surface area contributed by atoms with Gasteiger partial charge in [-0.05, 0) is 19.1 Å². The van der Waals surface area contributed by atoms with Crippen LogP contribution in [0.3, 0.4) is 0 Å². The van der Waals surface area contributed by atoms with Gasteiger partial charge in [0.25, 0.3) is 0 Å². The Morgan fingerprint density at radius 3 is 2.55 bits per heavy atom. The number of hydrogen-bond acceptors (Lipinski definition) is 4. The molecule has 0 spiro atoms. The summed E-state index contributed by atoms with van der Waals surface area (Å²) in [6.45, 7) is 1.81. The van der Waals surface area contributed by atoms with Crippen LogP contribution in [0.15, 0.2) is 30.5 Å². The van der Waals surface area contributed by atoms with E-state index in [1.165, 1.54) is 6.92 Å². The fourth-order valence-electron chi connectivity index (χ4n) is 1.71. The van der Waals surface area contributed by atoms with Crippen molar-refractivity contribution >= 4 is 5.82 Å². The molecule has 0 aliphatic heterocycles. The van der Waals surface area contributed by atoms with Crippen LogP contribution in [0.1, 0.15) is 17.2 Å². The average molecular weight is 282 g/mol.